The van der Waals surface area contributed by atoms with E-state index in [0.717, 1.165) is 19.5 Å². The summed E-state index contributed by atoms with van der Waals surface area (Å²) in [5.74, 6) is 0.405. The van der Waals surface area contributed by atoms with E-state index in [1.54, 1.807) is 12.1 Å². The molecule has 20 heavy (non-hydrogen) atoms. The molecule has 1 saturated heterocycles. The Labute approximate surface area is 126 Å². The Morgan fingerprint density at radius 2 is 2.15 bits per heavy atom. The molecule has 1 aromatic rings. The monoisotopic (exact) mass is 298 g/mol. The van der Waals surface area contributed by atoms with E-state index >= 15 is 0 Å². The largest absolute Gasteiger partial charge is 0.329 e. The van der Waals surface area contributed by atoms with Crippen molar-refractivity contribution in [3.63, 3.8) is 0 Å². The topological polar surface area (TPSA) is 29.3 Å². The molecule has 2 N–H and O–H groups in total. The fraction of sp³-hybridized carbons (Fsp3) is 0.625. The molecule has 0 bridgehead atoms. The van der Waals surface area contributed by atoms with E-state index in [9.17, 15) is 4.39 Å². The van der Waals surface area contributed by atoms with Gasteiger partial charge >= 0.3 is 0 Å². The summed E-state index contributed by atoms with van der Waals surface area (Å²) >= 11 is 6.00. The fourth-order valence-electron chi connectivity index (χ4n) is 3.02. The number of hydrogen-bond acceptors (Lipinski definition) is 2. The highest BCUT2D eigenvalue weighted by atomic mass is 35.5. The summed E-state index contributed by atoms with van der Waals surface area (Å²) in [7, 11) is 0. The summed E-state index contributed by atoms with van der Waals surface area (Å²) in [5.41, 5.74) is 6.81. The van der Waals surface area contributed by atoms with Crippen LogP contribution in [0.2, 0.25) is 5.02 Å². The number of nitrogens with two attached hydrogens (primary N) is 1. The van der Waals surface area contributed by atoms with Crippen molar-refractivity contribution in [3.05, 3.63) is 34.6 Å². The van der Waals surface area contributed by atoms with Crippen LogP contribution in [0.1, 0.15) is 38.8 Å². The van der Waals surface area contributed by atoms with Crippen LogP contribution in [-0.4, -0.2) is 24.5 Å². The number of hydrogen-bond donors (Lipinski definition) is 1. The summed E-state index contributed by atoms with van der Waals surface area (Å²) in [6.07, 6.45) is 1.14. The van der Waals surface area contributed by atoms with Gasteiger partial charge in [-0.1, -0.05) is 32.4 Å². The van der Waals surface area contributed by atoms with E-state index < -0.39 is 0 Å². The molecule has 1 aliphatic heterocycles. The molecule has 0 aliphatic carbocycles. The number of nitrogens with zero attached hydrogens (tertiary/aromatic N) is 1. The number of rotatable bonds is 3. The second-order valence-electron chi connectivity index (χ2n) is 6.76. The Bertz CT molecular complexity index is 470. The van der Waals surface area contributed by atoms with Gasteiger partial charge in [-0.3, -0.25) is 4.90 Å². The minimum atomic E-state index is -0.218. The molecular weight excluding hydrogens is 275 g/mol. The summed E-state index contributed by atoms with van der Waals surface area (Å²) in [6, 6.07) is 4.63. The third kappa shape index (κ3) is 3.33. The van der Waals surface area contributed by atoms with Crippen LogP contribution >= 0.6 is 11.6 Å². The highest BCUT2D eigenvalue weighted by Gasteiger charge is 2.35. The van der Waals surface area contributed by atoms with Crippen LogP contribution in [0.3, 0.4) is 0 Å². The lowest BCUT2D eigenvalue weighted by molar-refractivity contribution is 0.195. The first-order chi connectivity index (χ1) is 9.32. The van der Waals surface area contributed by atoms with Crippen LogP contribution < -0.4 is 5.73 Å². The van der Waals surface area contributed by atoms with E-state index in [0.29, 0.717) is 23.0 Å². The van der Waals surface area contributed by atoms with Crippen LogP contribution in [0.25, 0.3) is 0 Å². The summed E-state index contributed by atoms with van der Waals surface area (Å²) < 4.78 is 14.1. The van der Waals surface area contributed by atoms with Crippen LogP contribution in [-0.2, 0) is 0 Å². The Morgan fingerprint density at radius 1 is 1.45 bits per heavy atom. The lowest BCUT2D eigenvalue weighted by Gasteiger charge is -2.30. The van der Waals surface area contributed by atoms with E-state index in [1.807, 2.05) is 0 Å². The Balaban J connectivity index is 2.20. The molecule has 0 spiro atoms. The molecule has 2 atom stereocenters. The van der Waals surface area contributed by atoms with Gasteiger partial charge in [-0.15, -0.1) is 0 Å². The van der Waals surface area contributed by atoms with Crippen molar-refractivity contribution in [2.24, 2.45) is 17.1 Å². The first-order valence-corrected chi connectivity index (χ1v) is 7.59. The standard InChI is InChI=1S/C16H24ClFN2/c1-16(2,3)11-6-7-20(10-11)15(9-19)13-8-12(17)4-5-14(13)18/h4-5,8,11,15H,6-7,9-10,19H2,1-3H3. The fourth-order valence-corrected chi connectivity index (χ4v) is 3.20. The number of benzene rings is 1. The molecule has 2 rings (SSSR count). The van der Waals surface area contributed by atoms with Crippen molar-refractivity contribution in [1.29, 1.82) is 0 Å². The zero-order chi connectivity index (χ0) is 14.9. The van der Waals surface area contributed by atoms with Gasteiger partial charge in [0, 0.05) is 29.7 Å². The molecule has 0 radical (unpaired) electrons. The molecule has 0 amide bonds. The van der Waals surface area contributed by atoms with Gasteiger partial charge in [0.05, 0.1) is 0 Å². The SMILES string of the molecule is CC(C)(C)C1CCN(C(CN)c2cc(Cl)ccc2F)C1. The second kappa shape index (κ2) is 6.00. The zero-order valence-corrected chi connectivity index (χ0v) is 13.3. The Hall–Kier alpha value is -0.640. The van der Waals surface area contributed by atoms with Crippen LogP contribution in [0, 0.1) is 17.2 Å². The van der Waals surface area contributed by atoms with Crippen molar-refractivity contribution < 1.29 is 4.39 Å². The molecule has 4 heteroatoms. The maximum absolute atomic E-state index is 14.1. The van der Waals surface area contributed by atoms with Crippen molar-refractivity contribution >= 4 is 11.6 Å². The normalized spacial score (nSPS) is 22.2. The maximum atomic E-state index is 14.1. The third-order valence-corrected chi connectivity index (χ3v) is 4.66. The van der Waals surface area contributed by atoms with Gasteiger partial charge in [0.25, 0.3) is 0 Å². The van der Waals surface area contributed by atoms with E-state index in [4.69, 9.17) is 17.3 Å². The minimum absolute atomic E-state index is 0.0824. The molecule has 1 aromatic carbocycles. The quantitative estimate of drug-likeness (QED) is 0.918. The summed E-state index contributed by atoms with van der Waals surface area (Å²) in [4.78, 5) is 2.30. The molecule has 1 aliphatic rings. The highest BCUT2D eigenvalue weighted by Crippen LogP contribution is 2.37. The van der Waals surface area contributed by atoms with Crippen LogP contribution in [0.15, 0.2) is 18.2 Å². The Kier molecular flexibility index (Phi) is 4.73. The first-order valence-electron chi connectivity index (χ1n) is 7.22. The predicted molar refractivity (Wildman–Crippen MR) is 82.3 cm³/mol. The van der Waals surface area contributed by atoms with E-state index in [-0.39, 0.29) is 17.3 Å². The minimum Gasteiger partial charge on any atom is -0.329 e. The zero-order valence-electron chi connectivity index (χ0n) is 12.5. The van der Waals surface area contributed by atoms with Crippen LogP contribution in [0.5, 0.6) is 0 Å². The maximum Gasteiger partial charge on any atom is 0.128 e. The molecule has 112 valence electrons. The highest BCUT2D eigenvalue weighted by molar-refractivity contribution is 6.30. The average molecular weight is 299 g/mol. The molecule has 0 saturated carbocycles. The van der Waals surface area contributed by atoms with Crippen molar-refractivity contribution in [3.8, 4) is 0 Å². The molecule has 1 fully saturated rings. The summed E-state index contributed by atoms with van der Waals surface area (Å²) in [6.45, 7) is 9.14. The lowest BCUT2D eigenvalue weighted by Crippen LogP contribution is -2.34. The molecule has 1 heterocycles. The van der Waals surface area contributed by atoms with Crippen molar-refractivity contribution in [2.45, 2.75) is 33.2 Å². The van der Waals surface area contributed by atoms with Gasteiger partial charge in [0.1, 0.15) is 5.82 Å². The summed E-state index contributed by atoms with van der Waals surface area (Å²) in [5, 5.41) is 0.561. The van der Waals surface area contributed by atoms with Gasteiger partial charge in [-0.25, -0.2) is 4.39 Å². The predicted octanol–water partition coefficient (Wildman–Crippen LogP) is 3.85. The molecule has 2 unspecified atom stereocenters. The van der Waals surface area contributed by atoms with Gasteiger partial charge in [0.15, 0.2) is 0 Å². The third-order valence-electron chi connectivity index (χ3n) is 4.43. The van der Waals surface area contributed by atoms with Gasteiger partial charge in [-0.05, 0) is 42.5 Å². The number of likely N-dealkylation sites (tertiary alicyclic amines) is 1. The molecular formula is C16H24ClFN2. The van der Waals surface area contributed by atoms with Gasteiger partial charge in [0.2, 0.25) is 0 Å². The first kappa shape index (κ1) is 15.7. The smallest absolute Gasteiger partial charge is 0.128 e. The van der Waals surface area contributed by atoms with Crippen molar-refractivity contribution in [1.82, 2.24) is 4.90 Å². The van der Waals surface area contributed by atoms with E-state index in [1.165, 1.54) is 6.07 Å². The molecule has 2 nitrogen and oxygen atoms in total. The van der Waals surface area contributed by atoms with Gasteiger partial charge in [-0.2, -0.15) is 0 Å². The molecule has 0 aromatic heterocycles. The van der Waals surface area contributed by atoms with Crippen molar-refractivity contribution in [2.75, 3.05) is 19.6 Å². The average Bonchev–Trinajstić information content (AvgIpc) is 2.84. The lowest BCUT2D eigenvalue weighted by atomic mass is 9.80. The second-order valence-corrected chi connectivity index (χ2v) is 7.20. The van der Waals surface area contributed by atoms with E-state index in [2.05, 4.69) is 25.7 Å². The number of halogens is 2. The van der Waals surface area contributed by atoms with Crippen LogP contribution in [0.4, 0.5) is 4.39 Å². The van der Waals surface area contributed by atoms with Gasteiger partial charge < -0.3 is 5.73 Å². The Morgan fingerprint density at radius 3 is 2.70 bits per heavy atom.